The van der Waals surface area contributed by atoms with E-state index < -0.39 is 21.9 Å². The summed E-state index contributed by atoms with van der Waals surface area (Å²) in [6, 6.07) is 10.7. The van der Waals surface area contributed by atoms with E-state index in [2.05, 4.69) is 0 Å². The van der Waals surface area contributed by atoms with Gasteiger partial charge in [0, 0.05) is 5.56 Å². The topological polar surface area (TPSA) is 80.7 Å². The molecule has 1 aliphatic heterocycles. The van der Waals surface area contributed by atoms with Gasteiger partial charge in [-0.2, -0.15) is 0 Å². The highest BCUT2D eigenvalue weighted by molar-refractivity contribution is 7.91. The lowest BCUT2D eigenvalue weighted by atomic mass is 9.99. The Balaban J connectivity index is 2.06. The first-order valence-corrected chi connectivity index (χ1v) is 9.29. The number of aryl methyl sites for hydroxylation is 2. The van der Waals surface area contributed by atoms with E-state index in [9.17, 15) is 13.2 Å². The quantitative estimate of drug-likeness (QED) is 0.921. The van der Waals surface area contributed by atoms with E-state index in [1.54, 1.807) is 18.2 Å². The average molecular weight is 346 g/mol. The van der Waals surface area contributed by atoms with Gasteiger partial charge in [-0.3, -0.25) is 0 Å². The molecule has 5 nitrogen and oxygen atoms in total. The molecule has 0 bridgehead atoms. The number of benzene rings is 2. The normalized spacial score (nSPS) is 16.4. The zero-order chi connectivity index (χ0) is 17.5. The van der Waals surface area contributed by atoms with Crippen molar-refractivity contribution in [3.8, 4) is 16.9 Å². The SMILES string of the molecule is Cc1ccc(OC(C)C(=O)O)c(-c2ccc3c(c2)CCS3(=O)=O)c1. The molecule has 1 atom stereocenters. The fourth-order valence-corrected chi connectivity index (χ4v) is 4.36. The van der Waals surface area contributed by atoms with Crippen molar-refractivity contribution in [3.63, 3.8) is 0 Å². The van der Waals surface area contributed by atoms with Gasteiger partial charge in [0.15, 0.2) is 15.9 Å². The molecule has 0 fully saturated rings. The van der Waals surface area contributed by atoms with Crippen molar-refractivity contribution in [2.45, 2.75) is 31.3 Å². The van der Waals surface area contributed by atoms with E-state index in [1.165, 1.54) is 6.92 Å². The third kappa shape index (κ3) is 3.01. The largest absolute Gasteiger partial charge is 0.479 e. The molecule has 0 radical (unpaired) electrons. The number of carboxylic acid groups (broad SMARTS) is 1. The molecule has 1 aliphatic rings. The second-order valence-electron chi connectivity index (χ2n) is 5.99. The average Bonchev–Trinajstić information content (AvgIpc) is 2.83. The summed E-state index contributed by atoms with van der Waals surface area (Å²) in [5.41, 5.74) is 3.39. The Morgan fingerprint density at radius 1 is 1.21 bits per heavy atom. The summed E-state index contributed by atoms with van der Waals surface area (Å²) in [6.45, 7) is 3.41. The summed E-state index contributed by atoms with van der Waals surface area (Å²) >= 11 is 0. The molecule has 0 saturated carbocycles. The predicted octanol–water partition coefficient (Wildman–Crippen LogP) is 2.84. The molecular weight excluding hydrogens is 328 g/mol. The molecule has 1 heterocycles. The number of carboxylic acids is 1. The number of rotatable bonds is 4. The van der Waals surface area contributed by atoms with Crippen LogP contribution >= 0.6 is 0 Å². The first kappa shape index (κ1) is 16.5. The minimum Gasteiger partial charge on any atom is -0.479 e. The zero-order valence-corrected chi connectivity index (χ0v) is 14.3. The van der Waals surface area contributed by atoms with Crippen molar-refractivity contribution >= 4 is 15.8 Å². The van der Waals surface area contributed by atoms with Gasteiger partial charge in [-0.05, 0) is 55.7 Å². The molecule has 0 saturated heterocycles. The van der Waals surface area contributed by atoms with Crippen molar-refractivity contribution in [1.82, 2.24) is 0 Å². The standard InChI is InChI=1S/C18H18O5S/c1-11-3-5-16(23-12(2)18(19)20)15(9-11)13-4-6-17-14(10-13)7-8-24(17,21)22/h3-6,9-10,12H,7-8H2,1-2H3,(H,19,20). The molecular formula is C18H18O5S. The lowest BCUT2D eigenvalue weighted by Gasteiger charge is -2.16. The minimum atomic E-state index is -3.16. The van der Waals surface area contributed by atoms with Crippen LogP contribution in [0.4, 0.5) is 0 Å². The van der Waals surface area contributed by atoms with E-state index >= 15 is 0 Å². The van der Waals surface area contributed by atoms with Crippen LogP contribution in [-0.4, -0.2) is 31.4 Å². The number of ether oxygens (including phenoxy) is 1. The Labute approximate surface area is 140 Å². The first-order chi connectivity index (χ1) is 11.3. The molecule has 2 aromatic carbocycles. The first-order valence-electron chi connectivity index (χ1n) is 7.64. The Morgan fingerprint density at radius 3 is 2.67 bits per heavy atom. The van der Waals surface area contributed by atoms with Crippen LogP contribution in [-0.2, 0) is 21.1 Å². The van der Waals surface area contributed by atoms with E-state index in [0.29, 0.717) is 17.1 Å². The van der Waals surface area contributed by atoms with E-state index in [4.69, 9.17) is 9.84 Å². The van der Waals surface area contributed by atoms with Crippen LogP contribution in [0, 0.1) is 6.92 Å². The lowest BCUT2D eigenvalue weighted by molar-refractivity contribution is -0.144. The molecule has 6 heteroatoms. The van der Waals surface area contributed by atoms with Gasteiger partial charge in [0.1, 0.15) is 5.75 Å². The third-order valence-electron chi connectivity index (χ3n) is 4.13. The van der Waals surface area contributed by atoms with E-state index in [0.717, 1.165) is 22.3 Å². The lowest BCUT2D eigenvalue weighted by Crippen LogP contribution is -2.23. The molecule has 1 unspecified atom stereocenters. The summed E-state index contributed by atoms with van der Waals surface area (Å²) in [5.74, 6) is -0.434. The van der Waals surface area contributed by atoms with E-state index in [1.807, 2.05) is 25.1 Å². The van der Waals surface area contributed by atoms with Crippen LogP contribution < -0.4 is 4.74 Å². The molecule has 0 aromatic heterocycles. The molecule has 3 rings (SSSR count). The number of sulfone groups is 1. The molecule has 2 aromatic rings. The number of carbonyl (C=O) groups is 1. The van der Waals surface area contributed by atoms with Crippen molar-refractivity contribution in [1.29, 1.82) is 0 Å². The summed E-state index contributed by atoms with van der Waals surface area (Å²) in [5, 5.41) is 9.05. The highest BCUT2D eigenvalue weighted by Crippen LogP contribution is 2.35. The smallest absolute Gasteiger partial charge is 0.344 e. The van der Waals surface area contributed by atoms with Gasteiger partial charge in [-0.25, -0.2) is 13.2 Å². The Morgan fingerprint density at radius 2 is 1.96 bits per heavy atom. The van der Waals surface area contributed by atoms with Crippen LogP contribution in [0.1, 0.15) is 18.1 Å². The second-order valence-corrected chi connectivity index (χ2v) is 8.07. The van der Waals surface area contributed by atoms with Gasteiger partial charge in [-0.15, -0.1) is 0 Å². The Hall–Kier alpha value is -2.34. The summed E-state index contributed by atoms with van der Waals surface area (Å²) in [6.07, 6.45) is -0.472. The minimum absolute atomic E-state index is 0.138. The van der Waals surface area contributed by atoms with Gasteiger partial charge in [-0.1, -0.05) is 17.7 Å². The summed E-state index contributed by atoms with van der Waals surface area (Å²) < 4.78 is 29.5. The fraction of sp³-hybridized carbons (Fsp3) is 0.278. The number of aliphatic carboxylic acids is 1. The maximum absolute atomic E-state index is 12.0. The van der Waals surface area contributed by atoms with Gasteiger partial charge in [0.2, 0.25) is 0 Å². The van der Waals surface area contributed by atoms with Gasteiger partial charge in [0.25, 0.3) is 0 Å². The van der Waals surface area contributed by atoms with Crippen LogP contribution in [0.2, 0.25) is 0 Å². The molecule has 0 spiro atoms. The van der Waals surface area contributed by atoms with Crippen molar-refractivity contribution in [2.24, 2.45) is 0 Å². The maximum atomic E-state index is 12.0. The maximum Gasteiger partial charge on any atom is 0.344 e. The second kappa shape index (κ2) is 5.94. The Kier molecular flexibility index (Phi) is 4.09. The zero-order valence-electron chi connectivity index (χ0n) is 13.4. The monoisotopic (exact) mass is 346 g/mol. The predicted molar refractivity (Wildman–Crippen MR) is 90.1 cm³/mol. The van der Waals surface area contributed by atoms with Crippen LogP contribution in [0.15, 0.2) is 41.3 Å². The van der Waals surface area contributed by atoms with Crippen molar-refractivity contribution in [3.05, 3.63) is 47.5 Å². The van der Waals surface area contributed by atoms with Crippen LogP contribution in [0.5, 0.6) is 5.75 Å². The number of hydrogen-bond donors (Lipinski definition) is 1. The highest BCUT2D eigenvalue weighted by Gasteiger charge is 2.26. The molecule has 0 aliphatic carbocycles. The molecule has 126 valence electrons. The van der Waals surface area contributed by atoms with Gasteiger partial charge in [0.05, 0.1) is 10.6 Å². The van der Waals surface area contributed by atoms with Crippen LogP contribution in [0.25, 0.3) is 11.1 Å². The molecule has 1 N–H and O–H groups in total. The fourth-order valence-electron chi connectivity index (χ4n) is 2.81. The van der Waals surface area contributed by atoms with Gasteiger partial charge >= 0.3 is 5.97 Å². The highest BCUT2D eigenvalue weighted by atomic mass is 32.2. The number of fused-ring (bicyclic) bond motifs is 1. The molecule has 24 heavy (non-hydrogen) atoms. The third-order valence-corrected chi connectivity index (χ3v) is 5.94. The summed E-state index contributed by atoms with van der Waals surface area (Å²) in [4.78, 5) is 11.4. The van der Waals surface area contributed by atoms with Crippen LogP contribution in [0.3, 0.4) is 0 Å². The van der Waals surface area contributed by atoms with E-state index in [-0.39, 0.29) is 5.75 Å². The summed E-state index contributed by atoms with van der Waals surface area (Å²) in [7, 11) is -3.16. The van der Waals surface area contributed by atoms with Crippen molar-refractivity contribution in [2.75, 3.05) is 5.75 Å². The van der Waals surface area contributed by atoms with Crippen molar-refractivity contribution < 1.29 is 23.1 Å². The van der Waals surface area contributed by atoms with Gasteiger partial charge < -0.3 is 9.84 Å². The number of hydrogen-bond acceptors (Lipinski definition) is 4. The molecule has 0 amide bonds. The Bertz CT molecular complexity index is 915.